The summed E-state index contributed by atoms with van der Waals surface area (Å²) in [5, 5.41) is 9.18. The highest BCUT2D eigenvalue weighted by molar-refractivity contribution is 5.86. The molecule has 1 fully saturated rings. The van der Waals surface area contributed by atoms with E-state index in [0.29, 0.717) is 50.7 Å². The Morgan fingerprint density at radius 3 is 2.67 bits per heavy atom. The van der Waals surface area contributed by atoms with Crippen molar-refractivity contribution in [2.24, 2.45) is 5.92 Å². The number of benzene rings is 1. The maximum absolute atomic E-state index is 12.9. The normalized spacial score (nSPS) is 14.9. The zero-order chi connectivity index (χ0) is 21.1. The lowest BCUT2D eigenvalue weighted by molar-refractivity contribution is -0.151. The molecule has 1 aliphatic heterocycles. The van der Waals surface area contributed by atoms with Crippen molar-refractivity contribution in [1.82, 2.24) is 19.7 Å². The highest BCUT2D eigenvalue weighted by Gasteiger charge is 2.28. The highest BCUT2D eigenvalue weighted by atomic mass is 16.5. The van der Waals surface area contributed by atoms with Crippen LogP contribution in [0.4, 0.5) is 0 Å². The summed E-state index contributed by atoms with van der Waals surface area (Å²) in [6, 6.07) is 7.90. The van der Waals surface area contributed by atoms with Crippen LogP contribution in [0.2, 0.25) is 0 Å². The standard InChI is InChI=1S/C22H26N4O4/c1-3-19-23-24-21(30-19)17-6-5-15-7-12-26(18(15)13-17)14-20(27)25-10-8-16(9-11-25)22(28)29-4-2/h5-7,12-13,16H,3-4,8-11,14H2,1-2H3. The molecule has 1 aliphatic rings. The van der Waals surface area contributed by atoms with E-state index in [0.717, 1.165) is 16.5 Å². The molecule has 1 aromatic carbocycles. The number of esters is 1. The molecule has 0 saturated carbocycles. The molecule has 1 saturated heterocycles. The van der Waals surface area contributed by atoms with Crippen molar-refractivity contribution in [2.75, 3.05) is 19.7 Å². The number of fused-ring (bicyclic) bond motifs is 1. The maximum atomic E-state index is 12.9. The lowest BCUT2D eigenvalue weighted by Crippen LogP contribution is -2.42. The first kappa shape index (κ1) is 20.1. The Hall–Kier alpha value is -3.16. The first-order valence-corrected chi connectivity index (χ1v) is 10.4. The lowest BCUT2D eigenvalue weighted by atomic mass is 9.97. The van der Waals surface area contributed by atoms with E-state index in [-0.39, 0.29) is 24.3 Å². The number of nitrogens with zero attached hydrogens (tertiary/aromatic N) is 4. The predicted octanol–water partition coefficient (Wildman–Crippen LogP) is 3.06. The summed E-state index contributed by atoms with van der Waals surface area (Å²) in [5.41, 5.74) is 1.77. The van der Waals surface area contributed by atoms with E-state index >= 15 is 0 Å². The first-order valence-electron chi connectivity index (χ1n) is 10.4. The van der Waals surface area contributed by atoms with Crippen molar-refractivity contribution in [3.8, 4) is 11.5 Å². The van der Waals surface area contributed by atoms with Gasteiger partial charge in [0.2, 0.25) is 17.7 Å². The molecule has 0 bridgehead atoms. The van der Waals surface area contributed by atoms with Crippen LogP contribution in [0, 0.1) is 5.92 Å². The Kier molecular flexibility index (Phi) is 5.83. The number of aryl methyl sites for hydroxylation is 1. The van der Waals surface area contributed by atoms with Gasteiger partial charge in [0.15, 0.2) is 0 Å². The molecule has 8 nitrogen and oxygen atoms in total. The van der Waals surface area contributed by atoms with Crippen LogP contribution in [-0.2, 0) is 27.3 Å². The Bertz CT molecular complexity index is 1050. The summed E-state index contributed by atoms with van der Waals surface area (Å²) >= 11 is 0. The van der Waals surface area contributed by atoms with Crippen LogP contribution < -0.4 is 0 Å². The van der Waals surface area contributed by atoms with E-state index in [1.165, 1.54) is 0 Å². The lowest BCUT2D eigenvalue weighted by Gasteiger charge is -2.31. The summed E-state index contributed by atoms with van der Waals surface area (Å²) in [6.45, 7) is 5.57. The zero-order valence-electron chi connectivity index (χ0n) is 17.3. The minimum absolute atomic E-state index is 0.0475. The van der Waals surface area contributed by atoms with Gasteiger partial charge in [-0.15, -0.1) is 10.2 Å². The number of hydrogen-bond donors (Lipinski definition) is 0. The molecule has 4 rings (SSSR count). The molecule has 2 aromatic heterocycles. The number of piperidine rings is 1. The van der Waals surface area contributed by atoms with Crippen molar-refractivity contribution in [2.45, 2.75) is 39.7 Å². The van der Waals surface area contributed by atoms with E-state index in [9.17, 15) is 9.59 Å². The fourth-order valence-corrected chi connectivity index (χ4v) is 3.84. The maximum Gasteiger partial charge on any atom is 0.309 e. The van der Waals surface area contributed by atoms with Crippen LogP contribution in [0.1, 0.15) is 32.6 Å². The summed E-state index contributed by atoms with van der Waals surface area (Å²) in [4.78, 5) is 26.6. The molecular formula is C22H26N4O4. The minimum Gasteiger partial charge on any atom is -0.466 e. The van der Waals surface area contributed by atoms with Gasteiger partial charge in [-0.2, -0.15) is 0 Å². The number of likely N-dealkylation sites (tertiary alicyclic amines) is 1. The van der Waals surface area contributed by atoms with Crippen molar-refractivity contribution in [3.05, 3.63) is 36.4 Å². The molecule has 0 unspecified atom stereocenters. The average Bonchev–Trinajstić information content (AvgIpc) is 3.41. The molecule has 3 heterocycles. The van der Waals surface area contributed by atoms with Gasteiger partial charge in [-0.05, 0) is 43.4 Å². The number of aromatic nitrogens is 3. The molecule has 8 heteroatoms. The molecule has 0 radical (unpaired) electrons. The van der Waals surface area contributed by atoms with Crippen LogP contribution in [0.25, 0.3) is 22.4 Å². The van der Waals surface area contributed by atoms with Crippen molar-refractivity contribution < 1.29 is 18.7 Å². The van der Waals surface area contributed by atoms with Crippen molar-refractivity contribution >= 4 is 22.8 Å². The molecule has 0 spiro atoms. The quantitative estimate of drug-likeness (QED) is 0.580. The fraction of sp³-hybridized carbons (Fsp3) is 0.455. The van der Waals surface area contributed by atoms with E-state index < -0.39 is 0 Å². The van der Waals surface area contributed by atoms with E-state index in [1.807, 2.05) is 53.8 Å². The third-order valence-electron chi connectivity index (χ3n) is 5.56. The smallest absolute Gasteiger partial charge is 0.309 e. The average molecular weight is 410 g/mol. The van der Waals surface area contributed by atoms with Gasteiger partial charge < -0.3 is 18.6 Å². The summed E-state index contributed by atoms with van der Waals surface area (Å²) in [5.74, 6) is 0.870. The van der Waals surface area contributed by atoms with Gasteiger partial charge in [0, 0.05) is 36.8 Å². The number of hydrogen-bond acceptors (Lipinski definition) is 6. The van der Waals surface area contributed by atoms with Gasteiger partial charge in [-0.25, -0.2) is 0 Å². The summed E-state index contributed by atoms with van der Waals surface area (Å²) in [6.07, 6.45) is 3.91. The fourth-order valence-electron chi connectivity index (χ4n) is 3.84. The van der Waals surface area contributed by atoms with Crippen molar-refractivity contribution in [3.63, 3.8) is 0 Å². The second-order valence-corrected chi connectivity index (χ2v) is 7.48. The molecule has 158 valence electrons. The van der Waals surface area contributed by atoms with Crippen LogP contribution in [-0.4, -0.2) is 51.2 Å². The second kappa shape index (κ2) is 8.69. The topological polar surface area (TPSA) is 90.5 Å². The van der Waals surface area contributed by atoms with Gasteiger partial charge in [0.05, 0.1) is 12.5 Å². The molecular weight excluding hydrogens is 384 g/mol. The monoisotopic (exact) mass is 410 g/mol. The SMILES string of the molecule is CCOC(=O)C1CCN(C(=O)Cn2ccc3ccc(-c4nnc(CC)o4)cc32)CC1. The first-order chi connectivity index (χ1) is 14.6. The van der Waals surface area contributed by atoms with Crippen LogP contribution in [0.3, 0.4) is 0 Å². The number of ether oxygens (including phenoxy) is 1. The Morgan fingerprint density at radius 1 is 1.17 bits per heavy atom. The van der Waals surface area contributed by atoms with Crippen LogP contribution in [0.15, 0.2) is 34.9 Å². The van der Waals surface area contributed by atoms with Crippen LogP contribution in [0.5, 0.6) is 0 Å². The van der Waals surface area contributed by atoms with Gasteiger partial charge in [0.25, 0.3) is 0 Å². The molecule has 30 heavy (non-hydrogen) atoms. The van der Waals surface area contributed by atoms with Gasteiger partial charge >= 0.3 is 5.97 Å². The van der Waals surface area contributed by atoms with Crippen molar-refractivity contribution in [1.29, 1.82) is 0 Å². The van der Waals surface area contributed by atoms with E-state index in [1.54, 1.807) is 0 Å². The number of carbonyl (C=O) groups excluding carboxylic acids is 2. The zero-order valence-corrected chi connectivity index (χ0v) is 17.3. The number of amides is 1. The number of carbonyl (C=O) groups is 2. The molecule has 1 amide bonds. The van der Waals surface area contributed by atoms with Gasteiger partial charge in [0.1, 0.15) is 6.54 Å². The van der Waals surface area contributed by atoms with Crippen LogP contribution >= 0.6 is 0 Å². The molecule has 0 N–H and O–H groups in total. The van der Waals surface area contributed by atoms with E-state index in [4.69, 9.17) is 9.15 Å². The molecule has 0 aliphatic carbocycles. The third-order valence-corrected chi connectivity index (χ3v) is 5.56. The van der Waals surface area contributed by atoms with Gasteiger partial charge in [-0.3, -0.25) is 9.59 Å². The van der Waals surface area contributed by atoms with Gasteiger partial charge in [-0.1, -0.05) is 13.0 Å². The Morgan fingerprint density at radius 2 is 1.97 bits per heavy atom. The largest absolute Gasteiger partial charge is 0.466 e. The Labute approximate surface area is 174 Å². The second-order valence-electron chi connectivity index (χ2n) is 7.48. The molecule has 3 aromatic rings. The minimum atomic E-state index is -0.152. The number of rotatable bonds is 6. The summed E-state index contributed by atoms with van der Waals surface area (Å²) in [7, 11) is 0. The predicted molar refractivity (Wildman–Crippen MR) is 111 cm³/mol. The summed E-state index contributed by atoms with van der Waals surface area (Å²) < 4.78 is 12.7. The highest BCUT2D eigenvalue weighted by Crippen LogP contribution is 2.25. The molecule has 0 atom stereocenters. The van der Waals surface area contributed by atoms with E-state index in [2.05, 4.69) is 10.2 Å². The Balaban J connectivity index is 1.45. The third kappa shape index (κ3) is 4.08.